The third-order valence-corrected chi connectivity index (χ3v) is 3.44. The molecule has 0 saturated carbocycles. The Hall–Kier alpha value is -1.16. The van der Waals surface area contributed by atoms with E-state index in [1.54, 1.807) is 11.3 Å². The highest BCUT2D eigenvalue weighted by molar-refractivity contribution is 7.10. The monoisotopic (exact) mass is 233 g/mol. The Kier molecular flexibility index (Phi) is 3.72. The van der Waals surface area contributed by atoms with Crippen LogP contribution in [0, 0.1) is 0 Å². The average Bonchev–Trinajstić information content (AvgIpc) is 2.82. The molecule has 1 unspecified atom stereocenters. The molecule has 1 aromatic carbocycles. The van der Waals surface area contributed by atoms with E-state index in [1.807, 2.05) is 41.8 Å². The molecule has 1 aromatic heterocycles. The first-order valence-corrected chi connectivity index (χ1v) is 6.19. The van der Waals surface area contributed by atoms with Gasteiger partial charge in [0, 0.05) is 4.88 Å². The SMILES string of the molecule is NCCc1cccc(C(O)c2cccs2)c1. The maximum Gasteiger partial charge on any atom is 0.113 e. The van der Waals surface area contributed by atoms with Crippen molar-refractivity contribution in [3.63, 3.8) is 0 Å². The molecule has 0 amide bonds. The summed E-state index contributed by atoms with van der Waals surface area (Å²) in [4.78, 5) is 0.977. The van der Waals surface area contributed by atoms with Crippen molar-refractivity contribution in [2.24, 2.45) is 5.73 Å². The van der Waals surface area contributed by atoms with Gasteiger partial charge in [-0.1, -0.05) is 30.3 Å². The van der Waals surface area contributed by atoms with Gasteiger partial charge in [0.25, 0.3) is 0 Å². The first-order valence-electron chi connectivity index (χ1n) is 5.31. The van der Waals surface area contributed by atoms with Gasteiger partial charge >= 0.3 is 0 Å². The van der Waals surface area contributed by atoms with Crippen LogP contribution in [0.15, 0.2) is 41.8 Å². The number of aliphatic hydroxyl groups is 1. The van der Waals surface area contributed by atoms with E-state index in [0.29, 0.717) is 6.54 Å². The molecule has 0 aliphatic carbocycles. The number of nitrogens with two attached hydrogens (primary N) is 1. The summed E-state index contributed by atoms with van der Waals surface area (Å²) in [5, 5.41) is 12.1. The molecule has 0 radical (unpaired) electrons. The molecule has 0 aliphatic rings. The molecule has 84 valence electrons. The molecular formula is C13H15NOS. The van der Waals surface area contributed by atoms with Crippen LogP contribution >= 0.6 is 11.3 Å². The van der Waals surface area contributed by atoms with Crippen LogP contribution in [0.3, 0.4) is 0 Å². The van der Waals surface area contributed by atoms with Crippen LogP contribution in [0.5, 0.6) is 0 Å². The van der Waals surface area contributed by atoms with E-state index in [2.05, 4.69) is 0 Å². The van der Waals surface area contributed by atoms with Gasteiger partial charge in [0.1, 0.15) is 6.10 Å². The summed E-state index contributed by atoms with van der Waals surface area (Å²) in [5.41, 5.74) is 7.64. The van der Waals surface area contributed by atoms with Crippen LogP contribution in [0.1, 0.15) is 22.1 Å². The zero-order valence-electron chi connectivity index (χ0n) is 8.97. The highest BCUT2D eigenvalue weighted by Gasteiger charge is 2.11. The second-order valence-electron chi connectivity index (χ2n) is 3.70. The Labute approximate surface area is 99.4 Å². The minimum absolute atomic E-state index is 0.516. The molecule has 16 heavy (non-hydrogen) atoms. The third-order valence-electron chi connectivity index (χ3n) is 2.51. The minimum atomic E-state index is -0.516. The van der Waals surface area contributed by atoms with E-state index in [4.69, 9.17) is 5.73 Å². The molecular weight excluding hydrogens is 218 g/mol. The number of thiophene rings is 1. The Morgan fingerprint density at radius 3 is 2.81 bits per heavy atom. The van der Waals surface area contributed by atoms with Crippen molar-refractivity contribution in [1.29, 1.82) is 0 Å². The molecule has 3 N–H and O–H groups in total. The molecule has 0 fully saturated rings. The summed E-state index contributed by atoms with van der Waals surface area (Å²) in [6, 6.07) is 11.9. The number of hydrogen-bond donors (Lipinski definition) is 2. The quantitative estimate of drug-likeness (QED) is 0.851. The van der Waals surface area contributed by atoms with Gasteiger partial charge in [-0.3, -0.25) is 0 Å². The maximum atomic E-state index is 10.2. The second kappa shape index (κ2) is 5.25. The molecule has 0 spiro atoms. The van der Waals surface area contributed by atoms with E-state index < -0.39 is 6.10 Å². The van der Waals surface area contributed by atoms with Gasteiger partial charge in [0.15, 0.2) is 0 Å². The minimum Gasteiger partial charge on any atom is -0.383 e. The lowest BCUT2D eigenvalue weighted by molar-refractivity contribution is 0.224. The fourth-order valence-corrected chi connectivity index (χ4v) is 2.43. The lowest BCUT2D eigenvalue weighted by Gasteiger charge is -2.10. The Morgan fingerprint density at radius 2 is 2.12 bits per heavy atom. The topological polar surface area (TPSA) is 46.2 Å². The summed E-state index contributed by atoms with van der Waals surface area (Å²) in [6.45, 7) is 0.637. The predicted molar refractivity (Wildman–Crippen MR) is 67.6 cm³/mol. The lowest BCUT2D eigenvalue weighted by atomic mass is 10.0. The molecule has 3 heteroatoms. The first-order chi connectivity index (χ1) is 7.81. The number of aliphatic hydroxyl groups excluding tert-OH is 1. The van der Waals surface area contributed by atoms with Crippen LogP contribution in [0.2, 0.25) is 0 Å². The van der Waals surface area contributed by atoms with E-state index in [-0.39, 0.29) is 0 Å². The fourth-order valence-electron chi connectivity index (χ4n) is 1.70. The number of rotatable bonds is 4. The van der Waals surface area contributed by atoms with Gasteiger partial charge < -0.3 is 10.8 Å². The van der Waals surface area contributed by atoms with E-state index in [0.717, 1.165) is 16.9 Å². The van der Waals surface area contributed by atoms with Gasteiger partial charge in [-0.2, -0.15) is 0 Å². The van der Waals surface area contributed by atoms with Crippen molar-refractivity contribution < 1.29 is 5.11 Å². The molecule has 2 aromatic rings. The van der Waals surface area contributed by atoms with Gasteiger partial charge in [-0.25, -0.2) is 0 Å². The maximum absolute atomic E-state index is 10.2. The van der Waals surface area contributed by atoms with Crippen LogP contribution in [0.4, 0.5) is 0 Å². The molecule has 1 heterocycles. The zero-order chi connectivity index (χ0) is 11.4. The Morgan fingerprint density at radius 1 is 1.25 bits per heavy atom. The van der Waals surface area contributed by atoms with Crippen LogP contribution in [0.25, 0.3) is 0 Å². The van der Waals surface area contributed by atoms with Crippen LogP contribution < -0.4 is 5.73 Å². The third kappa shape index (κ3) is 2.50. The molecule has 0 saturated heterocycles. The number of hydrogen-bond acceptors (Lipinski definition) is 3. The van der Waals surface area contributed by atoms with Gasteiger partial charge in [-0.05, 0) is 35.5 Å². The lowest BCUT2D eigenvalue weighted by Crippen LogP contribution is -2.04. The average molecular weight is 233 g/mol. The zero-order valence-corrected chi connectivity index (χ0v) is 9.78. The van der Waals surface area contributed by atoms with E-state index in [9.17, 15) is 5.11 Å². The van der Waals surface area contributed by atoms with Gasteiger partial charge in [0.2, 0.25) is 0 Å². The Balaban J connectivity index is 2.23. The highest BCUT2D eigenvalue weighted by atomic mass is 32.1. The molecule has 0 bridgehead atoms. The fraction of sp³-hybridized carbons (Fsp3) is 0.231. The van der Waals surface area contributed by atoms with Crippen molar-refractivity contribution in [2.45, 2.75) is 12.5 Å². The van der Waals surface area contributed by atoms with Crippen LogP contribution in [-0.2, 0) is 6.42 Å². The smallest absolute Gasteiger partial charge is 0.113 e. The van der Waals surface area contributed by atoms with Crippen molar-refractivity contribution in [2.75, 3.05) is 6.54 Å². The summed E-state index contributed by atoms with van der Waals surface area (Å²) in [6.07, 6.45) is 0.336. The second-order valence-corrected chi connectivity index (χ2v) is 4.68. The summed E-state index contributed by atoms with van der Waals surface area (Å²) in [7, 11) is 0. The normalized spacial score (nSPS) is 12.6. The van der Waals surface area contributed by atoms with Crippen LogP contribution in [-0.4, -0.2) is 11.7 Å². The van der Waals surface area contributed by atoms with Crippen molar-refractivity contribution >= 4 is 11.3 Å². The Bertz CT molecular complexity index is 439. The first kappa shape index (κ1) is 11.3. The summed E-state index contributed by atoms with van der Waals surface area (Å²) >= 11 is 1.57. The predicted octanol–water partition coefficient (Wildman–Crippen LogP) is 2.33. The number of benzene rings is 1. The van der Waals surface area contributed by atoms with Gasteiger partial charge in [-0.15, -0.1) is 11.3 Å². The van der Waals surface area contributed by atoms with E-state index >= 15 is 0 Å². The molecule has 2 rings (SSSR count). The largest absolute Gasteiger partial charge is 0.383 e. The summed E-state index contributed by atoms with van der Waals surface area (Å²) < 4.78 is 0. The summed E-state index contributed by atoms with van der Waals surface area (Å²) in [5.74, 6) is 0. The van der Waals surface area contributed by atoms with Crippen molar-refractivity contribution in [3.05, 3.63) is 57.8 Å². The van der Waals surface area contributed by atoms with Gasteiger partial charge in [0.05, 0.1) is 0 Å². The standard InChI is InChI=1S/C13H15NOS/c14-7-6-10-3-1-4-11(9-10)13(15)12-5-2-8-16-12/h1-5,8-9,13,15H,6-7,14H2. The molecule has 1 atom stereocenters. The van der Waals surface area contributed by atoms with E-state index in [1.165, 1.54) is 5.56 Å². The highest BCUT2D eigenvalue weighted by Crippen LogP contribution is 2.26. The van der Waals surface area contributed by atoms with Crippen molar-refractivity contribution in [3.8, 4) is 0 Å². The molecule has 0 aliphatic heterocycles. The molecule has 2 nitrogen and oxygen atoms in total. The van der Waals surface area contributed by atoms with Crippen molar-refractivity contribution in [1.82, 2.24) is 0 Å².